The lowest BCUT2D eigenvalue weighted by molar-refractivity contribution is 0.663. The fraction of sp³-hybridized carbons (Fsp3) is 0.600. The van der Waals surface area contributed by atoms with Gasteiger partial charge in [0.2, 0.25) is 0 Å². The van der Waals surface area contributed by atoms with Gasteiger partial charge < -0.3 is 5.32 Å². The van der Waals surface area contributed by atoms with Gasteiger partial charge in [-0.25, -0.2) is 9.97 Å². The molecule has 2 rings (SSSR count). The maximum Gasteiger partial charge on any atom is 0.129 e. The third-order valence-electron chi connectivity index (χ3n) is 2.35. The lowest BCUT2D eigenvalue weighted by atomic mass is 10.1. The van der Waals surface area contributed by atoms with E-state index in [4.69, 9.17) is 0 Å². The smallest absolute Gasteiger partial charge is 0.129 e. The molecule has 1 aliphatic rings. The Hall–Kier alpha value is -0.770. The Kier molecular flexibility index (Phi) is 3.24. The number of rotatable bonds is 2. The molecular weight excluding hydrogens is 194 g/mol. The van der Waals surface area contributed by atoms with Crippen LogP contribution >= 0.6 is 11.8 Å². The Labute approximate surface area is 88.7 Å². The van der Waals surface area contributed by atoms with E-state index in [1.54, 1.807) is 0 Å². The van der Waals surface area contributed by atoms with Crippen molar-refractivity contribution < 1.29 is 0 Å². The highest BCUT2D eigenvalue weighted by molar-refractivity contribution is 7.99. The van der Waals surface area contributed by atoms with Crippen molar-refractivity contribution in [3.05, 3.63) is 18.1 Å². The Balaban J connectivity index is 1.95. The van der Waals surface area contributed by atoms with Crippen LogP contribution in [0.4, 0.5) is 5.82 Å². The summed E-state index contributed by atoms with van der Waals surface area (Å²) in [6.45, 7) is 1.92. The second-order valence-corrected chi connectivity index (χ2v) is 4.74. The van der Waals surface area contributed by atoms with E-state index in [2.05, 4.69) is 15.3 Å². The minimum atomic E-state index is 0.602. The Bertz CT molecular complexity index is 297. The van der Waals surface area contributed by atoms with Crippen LogP contribution in [0.1, 0.15) is 18.7 Å². The molecule has 1 aromatic rings. The number of hydrogen-bond donors (Lipinski definition) is 1. The van der Waals surface area contributed by atoms with Crippen molar-refractivity contribution in [1.82, 2.24) is 9.97 Å². The first-order valence-electron chi connectivity index (χ1n) is 4.98. The third kappa shape index (κ3) is 2.61. The fourth-order valence-corrected chi connectivity index (χ4v) is 2.69. The molecule has 0 bridgehead atoms. The minimum absolute atomic E-state index is 0.602. The topological polar surface area (TPSA) is 37.8 Å². The Morgan fingerprint density at radius 1 is 1.43 bits per heavy atom. The average molecular weight is 209 g/mol. The van der Waals surface area contributed by atoms with Gasteiger partial charge in [-0.2, -0.15) is 11.8 Å². The number of nitrogens with zero attached hydrogens (tertiary/aromatic N) is 2. The molecule has 1 N–H and O–H groups in total. The number of hydrogen-bond acceptors (Lipinski definition) is 4. The molecule has 1 fully saturated rings. The van der Waals surface area contributed by atoms with Gasteiger partial charge in [0.1, 0.15) is 11.6 Å². The summed E-state index contributed by atoms with van der Waals surface area (Å²) in [5, 5.41) is 3.46. The van der Waals surface area contributed by atoms with Crippen molar-refractivity contribution in [3.8, 4) is 0 Å². The van der Waals surface area contributed by atoms with Crippen LogP contribution in [0.3, 0.4) is 0 Å². The lowest BCUT2D eigenvalue weighted by Gasteiger charge is -2.22. The van der Waals surface area contributed by atoms with Gasteiger partial charge in [-0.05, 0) is 37.3 Å². The molecule has 3 nitrogen and oxygen atoms in total. The first-order valence-corrected chi connectivity index (χ1v) is 6.14. The molecule has 0 amide bonds. The van der Waals surface area contributed by atoms with Gasteiger partial charge >= 0.3 is 0 Å². The molecule has 0 atom stereocenters. The zero-order valence-corrected chi connectivity index (χ0v) is 9.18. The first kappa shape index (κ1) is 9.77. The Morgan fingerprint density at radius 3 is 2.93 bits per heavy atom. The van der Waals surface area contributed by atoms with Crippen LogP contribution < -0.4 is 5.32 Å². The standard InChI is InChI=1S/C10H15N3S/c1-8-11-5-2-10(12-8)13-9-3-6-14-7-4-9/h2,5,9H,3-4,6-7H2,1H3,(H,11,12,13). The van der Waals surface area contributed by atoms with Gasteiger partial charge in [-0.15, -0.1) is 0 Å². The van der Waals surface area contributed by atoms with Crippen molar-refractivity contribution >= 4 is 17.6 Å². The zero-order chi connectivity index (χ0) is 9.80. The molecule has 14 heavy (non-hydrogen) atoms. The highest BCUT2D eigenvalue weighted by Gasteiger charge is 2.13. The van der Waals surface area contributed by atoms with Crippen molar-refractivity contribution in [3.63, 3.8) is 0 Å². The van der Waals surface area contributed by atoms with Crippen LogP contribution in [0.5, 0.6) is 0 Å². The molecule has 76 valence electrons. The van der Waals surface area contributed by atoms with Gasteiger partial charge in [-0.1, -0.05) is 0 Å². The van der Waals surface area contributed by atoms with Crippen molar-refractivity contribution in [2.24, 2.45) is 0 Å². The molecular formula is C10H15N3S. The summed E-state index contributed by atoms with van der Waals surface area (Å²) in [7, 11) is 0. The van der Waals surface area contributed by atoms with Gasteiger partial charge in [0.15, 0.2) is 0 Å². The molecule has 0 aliphatic carbocycles. The SMILES string of the molecule is Cc1nccc(NC2CCSCC2)n1. The van der Waals surface area contributed by atoms with E-state index < -0.39 is 0 Å². The molecule has 0 aromatic carbocycles. The fourth-order valence-electron chi connectivity index (χ4n) is 1.59. The minimum Gasteiger partial charge on any atom is -0.367 e. The van der Waals surface area contributed by atoms with Gasteiger partial charge in [0.25, 0.3) is 0 Å². The second kappa shape index (κ2) is 4.64. The van der Waals surface area contributed by atoms with E-state index >= 15 is 0 Å². The predicted octanol–water partition coefficient (Wildman–Crippen LogP) is 2.09. The van der Waals surface area contributed by atoms with Crippen LogP contribution in [-0.2, 0) is 0 Å². The van der Waals surface area contributed by atoms with E-state index in [1.165, 1.54) is 24.3 Å². The lowest BCUT2D eigenvalue weighted by Crippen LogP contribution is -2.25. The largest absolute Gasteiger partial charge is 0.367 e. The Morgan fingerprint density at radius 2 is 2.21 bits per heavy atom. The highest BCUT2D eigenvalue weighted by atomic mass is 32.2. The summed E-state index contributed by atoms with van der Waals surface area (Å²) in [4.78, 5) is 8.42. The summed E-state index contributed by atoms with van der Waals surface area (Å²) in [5.41, 5.74) is 0. The molecule has 1 aromatic heterocycles. The van der Waals surface area contributed by atoms with Crippen molar-refractivity contribution in [2.75, 3.05) is 16.8 Å². The number of nitrogens with one attached hydrogen (secondary N) is 1. The normalized spacial score (nSPS) is 18.1. The molecule has 0 spiro atoms. The van der Waals surface area contributed by atoms with Crippen LogP contribution in [-0.4, -0.2) is 27.5 Å². The summed E-state index contributed by atoms with van der Waals surface area (Å²) in [6.07, 6.45) is 4.30. The number of aryl methyl sites for hydroxylation is 1. The molecule has 0 unspecified atom stereocenters. The van der Waals surface area contributed by atoms with Crippen LogP contribution in [0, 0.1) is 6.92 Å². The molecule has 4 heteroatoms. The maximum absolute atomic E-state index is 4.34. The van der Waals surface area contributed by atoms with E-state index in [1.807, 2.05) is 30.9 Å². The van der Waals surface area contributed by atoms with Crippen LogP contribution in [0.25, 0.3) is 0 Å². The van der Waals surface area contributed by atoms with Crippen LogP contribution in [0.15, 0.2) is 12.3 Å². The molecule has 0 saturated carbocycles. The average Bonchev–Trinajstić information content (AvgIpc) is 2.19. The van der Waals surface area contributed by atoms with Crippen molar-refractivity contribution in [1.29, 1.82) is 0 Å². The maximum atomic E-state index is 4.34. The van der Waals surface area contributed by atoms with Gasteiger partial charge in [-0.3, -0.25) is 0 Å². The highest BCUT2D eigenvalue weighted by Crippen LogP contribution is 2.19. The van der Waals surface area contributed by atoms with E-state index in [9.17, 15) is 0 Å². The van der Waals surface area contributed by atoms with Gasteiger partial charge in [0.05, 0.1) is 0 Å². The number of anilines is 1. The molecule has 1 aliphatic heterocycles. The predicted molar refractivity (Wildman–Crippen MR) is 60.7 cm³/mol. The van der Waals surface area contributed by atoms with E-state index in [0.717, 1.165) is 11.6 Å². The molecule has 1 saturated heterocycles. The summed E-state index contributed by atoms with van der Waals surface area (Å²) in [6, 6.07) is 2.54. The van der Waals surface area contributed by atoms with E-state index in [-0.39, 0.29) is 0 Å². The number of thioether (sulfide) groups is 1. The van der Waals surface area contributed by atoms with Crippen molar-refractivity contribution in [2.45, 2.75) is 25.8 Å². The molecule has 0 radical (unpaired) electrons. The second-order valence-electron chi connectivity index (χ2n) is 3.52. The molecule has 2 heterocycles. The third-order valence-corrected chi connectivity index (χ3v) is 3.40. The summed E-state index contributed by atoms with van der Waals surface area (Å²) < 4.78 is 0. The van der Waals surface area contributed by atoms with Crippen LogP contribution in [0.2, 0.25) is 0 Å². The number of aromatic nitrogens is 2. The summed E-state index contributed by atoms with van der Waals surface area (Å²) >= 11 is 2.04. The quantitative estimate of drug-likeness (QED) is 0.809. The zero-order valence-electron chi connectivity index (χ0n) is 8.36. The van der Waals surface area contributed by atoms with Gasteiger partial charge in [0, 0.05) is 12.2 Å². The first-order chi connectivity index (χ1) is 6.84. The monoisotopic (exact) mass is 209 g/mol. The van der Waals surface area contributed by atoms with E-state index in [0.29, 0.717) is 6.04 Å². The summed E-state index contributed by atoms with van der Waals surface area (Å²) in [5.74, 6) is 4.33.